The average molecular weight is 173 g/mol. The summed E-state index contributed by atoms with van der Waals surface area (Å²) in [6.07, 6.45) is 2.23. The van der Waals surface area contributed by atoms with Crippen LogP contribution < -0.4 is 5.73 Å². The maximum absolute atomic E-state index is 10.4. The van der Waals surface area contributed by atoms with Crippen molar-refractivity contribution in [2.24, 2.45) is 17.6 Å². The van der Waals surface area contributed by atoms with Crippen molar-refractivity contribution < 1.29 is 9.90 Å². The van der Waals surface area contributed by atoms with Crippen LogP contribution in [0.5, 0.6) is 0 Å². The Balaban J connectivity index is 3.74. The van der Waals surface area contributed by atoms with Crippen molar-refractivity contribution in [3.05, 3.63) is 0 Å². The number of hydrogen-bond acceptors (Lipinski definition) is 2. The second-order valence-electron chi connectivity index (χ2n) is 3.45. The van der Waals surface area contributed by atoms with Gasteiger partial charge in [0.05, 0.1) is 0 Å². The van der Waals surface area contributed by atoms with Gasteiger partial charge in [0.15, 0.2) is 0 Å². The third-order valence-corrected chi connectivity index (χ3v) is 2.23. The van der Waals surface area contributed by atoms with Crippen LogP contribution in [0.3, 0.4) is 0 Å². The van der Waals surface area contributed by atoms with Crippen LogP contribution in [0.15, 0.2) is 0 Å². The summed E-state index contributed by atoms with van der Waals surface area (Å²) in [5.41, 5.74) is 5.46. The number of carboxylic acids is 1. The van der Waals surface area contributed by atoms with Crippen LogP contribution in [-0.2, 0) is 4.79 Å². The second kappa shape index (κ2) is 6.00. The third-order valence-electron chi connectivity index (χ3n) is 2.23. The molecule has 0 fully saturated rings. The Labute approximate surface area is 74.0 Å². The number of aliphatic carboxylic acids is 1. The molecule has 2 atom stereocenters. The van der Waals surface area contributed by atoms with Gasteiger partial charge in [0, 0.05) is 6.42 Å². The van der Waals surface area contributed by atoms with E-state index in [-0.39, 0.29) is 12.3 Å². The fourth-order valence-electron chi connectivity index (χ4n) is 1.25. The minimum Gasteiger partial charge on any atom is -0.481 e. The summed E-state index contributed by atoms with van der Waals surface area (Å²) in [5, 5.41) is 8.55. The van der Waals surface area contributed by atoms with Crippen molar-refractivity contribution in [1.29, 1.82) is 0 Å². The number of rotatable bonds is 6. The van der Waals surface area contributed by atoms with Crippen molar-refractivity contribution in [2.45, 2.75) is 33.1 Å². The lowest BCUT2D eigenvalue weighted by Gasteiger charge is -2.16. The Hall–Kier alpha value is -0.570. The van der Waals surface area contributed by atoms with E-state index in [2.05, 4.69) is 13.8 Å². The molecular weight excluding hydrogens is 154 g/mol. The van der Waals surface area contributed by atoms with Crippen LogP contribution in [-0.4, -0.2) is 17.6 Å². The van der Waals surface area contributed by atoms with Crippen LogP contribution in [0, 0.1) is 11.8 Å². The van der Waals surface area contributed by atoms with Crippen molar-refractivity contribution >= 4 is 5.97 Å². The number of hydrogen-bond donors (Lipinski definition) is 2. The van der Waals surface area contributed by atoms with Gasteiger partial charge >= 0.3 is 5.97 Å². The second-order valence-corrected chi connectivity index (χ2v) is 3.45. The maximum atomic E-state index is 10.4. The monoisotopic (exact) mass is 173 g/mol. The van der Waals surface area contributed by atoms with E-state index in [4.69, 9.17) is 10.8 Å². The van der Waals surface area contributed by atoms with Crippen molar-refractivity contribution in [2.75, 3.05) is 6.54 Å². The first-order valence-electron chi connectivity index (χ1n) is 4.52. The highest BCUT2D eigenvalue weighted by Gasteiger charge is 2.13. The molecule has 0 amide bonds. The molecule has 0 aromatic rings. The van der Waals surface area contributed by atoms with Gasteiger partial charge in [0.25, 0.3) is 0 Å². The minimum atomic E-state index is -0.742. The zero-order valence-electron chi connectivity index (χ0n) is 7.92. The van der Waals surface area contributed by atoms with Gasteiger partial charge in [-0.25, -0.2) is 0 Å². The quantitative estimate of drug-likeness (QED) is 0.639. The fraction of sp³-hybridized carbons (Fsp3) is 0.889. The molecule has 0 rings (SSSR count). The van der Waals surface area contributed by atoms with E-state index >= 15 is 0 Å². The zero-order valence-corrected chi connectivity index (χ0v) is 7.92. The van der Waals surface area contributed by atoms with Crippen molar-refractivity contribution in [3.63, 3.8) is 0 Å². The molecule has 3 N–H and O–H groups in total. The minimum absolute atomic E-state index is 0.150. The van der Waals surface area contributed by atoms with Gasteiger partial charge in [-0.3, -0.25) is 4.79 Å². The summed E-state index contributed by atoms with van der Waals surface area (Å²) in [5.74, 6) is -0.0101. The van der Waals surface area contributed by atoms with Crippen LogP contribution in [0.4, 0.5) is 0 Å². The van der Waals surface area contributed by atoms with Crippen LogP contribution >= 0.6 is 0 Å². The molecule has 72 valence electrons. The standard InChI is InChI=1S/C9H19NO2/c1-3-7(2)4-8(6-10)5-9(11)12/h7-8H,3-6,10H2,1-2H3,(H,11,12)/t7?,8-/m0/s1. The molecule has 1 unspecified atom stereocenters. The summed E-state index contributed by atoms with van der Waals surface area (Å²) < 4.78 is 0. The topological polar surface area (TPSA) is 63.3 Å². The van der Waals surface area contributed by atoms with Crippen molar-refractivity contribution in [1.82, 2.24) is 0 Å². The van der Waals surface area contributed by atoms with Crippen LogP contribution in [0.2, 0.25) is 0 Å². The molecule has 0 aliphatic carbocycles. The molecule has 0 radical (unpaired) electrons. The Morgan fingerprint density at radius 1 is 1.58 bits per heavy atom. The fourth-order valence-corrected chi connectivity index (χ4v) is 1.25. The third kappa shape index (κ3) is 5.13. The summed E-state index contributed by atoms with van der Waals surface area (Å²) in [4.78, 5) is 10.4. The molecule has 0 saturated carbocycles. The predicted molar refractivity (Wildman–Crippen MR) is 48.9 cm³/mol. The molecule has 3 nitrogen and oxygen atoms in total. The molecule has 12 heavy (non-hydrogen) atoms. The lowest BCUT2D eigenvalue weighted by molar-refractivity contribution is -0.138. The maximum Gasteiger partial charge on any atom is 0.303 e. The van der Waals surface area contributed by atoms with E-state index in [0.717, 1.165) is 12.8 Å². The first kappa shape index (κ1) is 11.4. The first-order valence-corrected chi connectivity index (χ1v) is 4.52. The molecular formula is C9H19NO2. The molecule has 0 aliphatic rings. The largest absolute Gasteiger partial charge is 0.481 e. The highest BCUT2D eigenvalue weighted by atomic mass is 16.4. The van der Waals surface area contributed by atoms with Gasteiger partial charge in [0.1, 0.15) is 0 Å². The smallest absolute Gasteiger partial charge is 0.303 e. The molecule has 0 bridgehead atoms. The van der Waals surface area contributed by atoms with E-state index in [1.54, 1.807) is 0 Å². The Kier molecular flexibility index (Phi) is 5.72. The SMILES string of the molecule is CCC(C)C[C@H](CN)CC(=O)O. The highest BCUT2D eigenvalue weighted by Crippen LogP contribution is 2.16. The number of nitrogens with two attached hydrogens (primary N) is 1. The highest BCUT2D eigenvalue weighted by molar-refractivity contribution is 5.67. The van der Waals surface area contributed by atoms with E-state index in [1.807, 2.05) is 0 Å². The summed E-state index contributed by atoms with van der Waals surface area (Å²) in [7, 11) is 0. The average Bonchev–Trinajstić information content (AvgIpc) is 2.02. The summed E-state index contributed by atoms with van der Waals surface area (Å²) >= 11 is 0. The van der Waals surface area contributed by atoms with E-state index in [1.165, 1.54) is 0 Å². The summed E-state index contributed by atoms with van der Waals surface area (Å²) in [6.45, 7) is 4.72. The van der Waals surface area contributed by atoms with Crippen LogP contribution in [0.1, 0.15) is 33.1 Å². The molecule has 3 heteroatoms. The Morgan fingerprint density at radius 2 is 2.17 bits per heavy atom. The van der Waals surface area contributed by atoms with E-state index < -0.39 is 5.97 Å². The molecule has 0 saturated heterocycles. The van der Waals surface area contributed by atoms with Crippen molar-refractivity contribution in [3.8, 4) is 0 Å². The van der Waals surface area contributed by atoms with Gasteiger partial charge in [-0.15, -0.1) is 0 Å². The van der Waals surface area contributed by atoms with Gasteiger partial charge in [0.2, 0.25) is 0 Å². The number of carbonyl (C=O) groups is 1. The molecule has 0 aromatic carbocycles. The van der Waals surface area contributed by atoms with Gasteiger partial charge in [-0.2, -0.15) is 0 Å². The molecule has 0 heterocycles. The van der Waals surface area contributed by atoms with E-state index in [0.29, 0.717) is 12.5 Å². The molecule has 0 aromatic heterocycles. The lowest BCUT2D eigenvalue weighted by Crippen LogP contribution is -2.20. The zero-order chi connectivity index (χ0) is 9.56. The lowest BCUT2D eigenvalue weighted by atomic mass is 9.92. The Bertz CT molecular complexity index is 136. The van der Waals surface area contributed by atoms with E-state index in [9.17, 15) is 4.79 Å². The molecule has 0 aliphatic heterocycles. The normalized spacial score (nSPS) is 15.6. The van der Waals surface area contributed by atoms with Gasteiger partial charge < -0.3 is 10.8 Å². The number of carboxylic acid groups (broad SMARTS) is 1. The van der Waals surface area contributed by atoms with Gasteiger partial charge in [-0.1, -0.05) is 20.3 Å². The van der Waals surface area contributed by atoms with Gasteiger partial charge in [-0.05, 0) is 24.8 Å². The Morgan fingerprint density at radius 3 is 2.50 bits per heavy atom. The predicted octanol–water partition coefficient (Wildman–Crippen LogP) is 1.47. The summed E-state index contributed by atoms with van der Waals surface area (Å²) in [6, 6.07) is 0. The van der Waals surface area contributed by atoms with Crippen LogP contribution in [0.25, 0.3) is 0 Å². The first-order chi connectivity index (χ1) is 5.60. The molecule has 0 spiro atoms.